The molecule has 1 heterocycles. The minimum Gasteiger partial charge on any atom is -0.492 e. The molecule has 31 heavy (non-hydrogen) atoms. The number of hydrogen-bond donors (Lipinski definition) is 2. The summed E-state index contributed by atoms with van der Waals surface area (Å²) in [6, 6.07) is 18.6. The molecule has 3 aromatic rings. The van der Waals surface area contributed by atoms with Gasteiger partial charge in [0, 0.05) is 37.6 Å². The molecule has 3 rings (SSSR count). The second-order valence-corrected chi connectivity index (χ2v) is 6.95. The van der Waals surface area contributed by atoms with Gasteiger partial charge in [-0.1, -0.05) is 30.3 Å². The molecule has 0 saturated carbocycles. The average molecular weight is 422 g/mol. The summed E-state index contributed by atoms with van der Waals surface area (Å²) in [4.78, 5) is 21.2. The highest BCUT2D eigenvalue weighted by atomic mass is 16.5. The van der Waals surface area contributed by atoms with Crippen LogP contribution >= 0.6 is 0 Å². The fourth-order valence-electron chi connectivity index (χ4n) is 2.97. The van der Waals surface area contributed by atoms with Crippen molar-refractivity contribution in [1.29, 1.82) is 0 Å². The Balaban J connectivity index is 1.53. The summed E-state index contributed by atoms with van der Waals surface area (Å²) in [7, 11) is 0. The molecule has 8 heteroatoms. The van der Waals surface area contributed by atoms with Crippen LogP contribution in [0.2, 0.25) is 0 Å². The Labute approximate surface area is 181 Å². The van der Waals surface area contributed by atoms with Crippen LogP contribution in [0, 0.1) is 0 Å². The van der Waals surface area contributed by atoms with Gasteiger partial charge in [-0.25, -0.2) is 9.97 Å². The Morgan fingerprint density at radius 1 is 1.00 bits per heavy atom. The van der Waals surface area contributed by atoms with Crippen LogP contribution < -0.4 is 15.2 Å². The maximum absolute atomic E-state index is 11.2. The zero-order valence-electron chi connectivity index (χ0n) is 17.1. The molecule has 0 aliphatic carbocycles. The summed E-state index contributed by atoms with van der Waals surface area (Å²) in [5, 5.41) is 10.5. The fraction of sp³-hybridized carbons (Fsp3) is 0.261. The summed E-state index contributed by atoms with van der Waals surface area (Å²) >= 11 is 0. The Hall–Kier alpha value is -3.49. The number of nitrogens with zero attached hydrogens (tertiary/aromatic N) is 3. The molecule has 2 aromatic carbocycles. The predicted molar refractivity (Wildman–Crippen MR) is 116 cm³/mol. The SMILES string of the molecule is NC(=O)c1ccc(OCCN(Cc2ccccc2)CC(O)COc2ncccn2)cc1. The molecule has 0 aliphatic rings. The highest BCUT2D eigenvalue weighted by Gasteiger charge is 2.14. The number of nitrogens with two attached hydrogens (primary N) is 1. The Morgan fingerprint density at radius 2 is 1.71 bits per heavy atom. The van der Waals surface area contributed by atoms with Crippen LogP contribution in [-0.4, -0.2) is 58.3 Å². The van der Waals surface area contributed by atoms with Gasteiger partial charge in [-0.05, 0) is 35.9 Å². The van der Waals surface area contributed by atoms with Crippen molar-refractivity contribution in [2.75, 3.05) is 26.3 Å². The van der Waals surface area contributed by atoms with Crippen LogP contribution in [-0.2, 0) is 6.54 Å². The number of aliphatic hydroxyl groups excluding tert-OH is 1. The van der Waals surface area contributed by atoms with Gasteiger partial charge < -0.3 is 20.3 Å². The van der Waals surface area contributed by atoms with E-state index in [-0.39, 0.29) is 12.6 Å². The molecule has 1 aromatic heterocycles. The largest absolute Gasteiger partial charge is 0.492 e. The molecule has 1 atom stereocenters. The molecule has 1 amide bonds. The monoisotopic (exact) mass is 422 g/mol. The van der Waals surface area contributed by atoms with E-state index in [1.54, 1.807) is 42.7 Å². The van der Waals surface area contributed by atoms with E-state index >= 15 is 0 Å². The Kier molecular flexibility index (Phi) is 8.33. The van der Waals surface area contributed by atoms with Crippen molar-refractivity contribution in [2.24, 2.45) is 5.73 Å². The first-order valence-electron chi connectivity index (χ1n) is 9.97. The molecule has 0 aliphatic heterocycles. The lowest BCUT2D eigenvalue weighted by Gasteiger charge is -2.25. The summed E-state index contributed by atoms with van der Waals surface area (Å²) < 4.78 is 11.2. The fourth-order valence-corrected chi connectivity index (χ4v) is 2.97. The van der Waals surface area contributed by atoms with Gasteiger partial charge in [0.2, 0.25) is 5.91 Å². The minimum absolute atomic E-state index is 0.0880. The van der Waals surface area contributed by atoms with E-state index in [2.05, 4.69) is 14.9 Å². The molecule has 0 spiro atoms. The van der Waals surface area contributed by atoms with E-state index in [4.69, 9.17) is 15.2 Å². The van der Waals surface area contributed by atoms with Gasteiger partial charge in [0.1, 0.15) is 25.1 Å². The molecule has 8 nitrogen and oxygen atoms in total. The first-order valence-corrected chi connectivity index (χ1v) is 9.97. The Bertz CT molecular complexity index is 923. The van der Waals surface area contributed by atoms with Crippen LogP contribution in [0.4, 0.5) is 0 Å². The van der Waals surface area contributed by atoms with Crippen molar-refractivity contribution in [3.8, 4) is 11.8 Å². The van der Waals surface area contributed by atoms with Crippen molar-refractivity contribution < 1.29 is 19.4 Å². The lowest BCUT2D eigenvalue weighted by atomic mass is 10.2. The molecule has 0 fully saturated rings. The number of amides is 1. The number of ether oxygens (including phenoxy) is 2. The maximum atomic E-state index is 11.2. The van der Waals surface area contributed by atoms with E-state index < -0.39 is 12.0 Å². The van der Waals surface area contributed by atoms with Gasteiger partial charge in [-0.3, -0.25) is 9.69 Å². The molecule has 0 bridgehead atoms. The predicted octanol–water partition coefficient (Wildman–Crippen LogP) is 1.90. The topological polar surface area (TPSA) is 111 Å². The number of aliphatic hydroxyl groups is 1. The number of benzene rings is 2. The lowest BCUT2D eigenvalue weighted by molar-refractivity contribution is 0.0574. The molecule has 1 unspecified atom stereocenters. The van der Waals surface area contributed by atoms with Gasteiger partial charge in [0.05, 0.1) is 0 Å². The van der Waals surface area contributed by atoms with Crippen LogP contribution in [0.5, 0.6) is 11.8 Å². The van der Waals surface area contributed by atoms with Crippen molar-refractivity contribution in [3.63, 3.8) is 0 Å². The standard InChI is InChI=1S/C23H26N4O4/c24-22(29)19-7-9-21(10-8-19)30-14-13-27(15-18-5-2-1-3-6-18)16-20(28)17-31-23-25-11-4-12-26-23/h1-12,20,28H,13-17H2,(H2,24,29). The molecule has 0 radical (unpaired) electrons. The van der Waals surface area contributed by atoms with E-state index in [1.807, 2.05) is 30.3 Å². The van der Waals surface area contributed by atoms with E-state index in [1.165, 1.54) is 0 Å². The van der Waals surface area contributed by atoms with Crippen LogP contribution in [0.1, 0.15) is 15.9 Å². The zero-order chi connectivity index (χ0) is 21.9. The van der Waals surface area contributed by atoms with Crippen LogP contribution in [0.3, 0.4) is 0 Å². The highest BCUT2D eigenvalue weighted by Crippen LogP contribution is 2.12. The van der Waals surface area contributed by atoms with E-state index in [0.717, 1.165) is 5.56 Å². The first kappa shape index (κ1) is 22.2. The average Bonchev–Trinajstić information content (AvgIpc) is 2.79. The van der Waals surface area contributed by atoms with Gasteiger partial charge in [-0.2, -0.15) is 0 Å². The maximum Gasteiger partial charge on any atom is 0.316 e. The highest BCUT2D eigenvalue weighted by molar-refractivity contribution is 5.92. The van der Waals surface area contributed by atoms with Gasteiger partial charge in [0.25, 0.3) is 0 Å². The lowest BCUT2D eigenvalue weighted by Crippen LogP contribution is -2.37. The second-order valence-electron chi connectivity index (χ2n) is 6.95. The van der Waals surface area contributed by atoms with Crippen molar-refractivity contribution in [3.05, 3.63) is 84.2 Å². The zero-order valence-corrected chi connectivity index (χ0v) is 17.1. The van der Waals surface area contributed by atoms with Crippen LogP contribution in [0.15, 0.2) is 73.1 Å². The molecular formula is C23H26N4O4. The van der Waals surface area contributed by atoms with Crippen molar-refractivity contribution >= 4 is 5.91 Å². The number of primary amides is 1. The number of aromatic nitrogens is 2. The quantitative estimate of drug-likeness (QED) is 0.459. The number of carbonyl (C=O) groups is 1. The minimum atomic E-state index is -0.720. The number of carbonyl (C=O) groups excluding carboxylic acids is 1. The van der Waals surface area contributed by atoms with E-state index in [0.29, 0.717) is 37.6 Å². The van der Waals surface area contributed by atoms with E-state index in [9.17, 15) is 9.90 Å². The summed E-state index contributed by atoms with van der Waals surface area (Å²) in [5.41, 5.74) is 6.82. The van der Waals surface area contributed by atoms with Crippen LogP contribution in [0.25, 0.3) is 0 Å². The number of rotatable bonds is 12. The second kappa shape index (κ2) is 11.6. The van der Waals surface area contributed by atoms with Gasteiger partial charge in [0.15, 0.2) is 0 Å². The number of hydrogen-bond acceptors (Lipinski definition) is 7. The van der Waals surface area contributed by atoms with Gasteiger partial charge in [-0.15, -0.1) is 0 Å². The molecular weight excluding hydrogens is 396 g/mol. The normalized spacial score (nSPS) is 11.8. The van der Waals surface area contributed by atoms with Crippen molar-refractivity contribution in [1.82, 2.24) is 14.9 Å². The van der Waals surface area contributed by atoms with Gasteiger partial charge >= 0.3 is 6.01 Å². The summed E-state index contributed by atoms with van der Waals surface area (Å²) in [5.74, 6) is 0.174. The third-order valence-corrected chi connectivity index (χ3v) is 4.48. The smallest absolute Gasteiger partial charge is 0.316 e. The summed E-state index contributed by atoms with van der Waals surface area (Å²) in [6.45, 7) is 2.14. The first-order chi connectivity index (χ1) is 15.1. The summed E-state index contributed by atoms with van der Waals surface area (Å²) in [6.07, 6.45) is 2.45. The van der Waals surface area contributed by atoms with Crippen molar-refractivity contribution in [2.45, 2.75) is 12.6 Å². The molecule has 162 valence electrons. The third-order valence-electron chi connectivity index (χ3n) is 4.48. The third kappa shape index (κ3) is 7.69. The molecule has 0 saturated heterocycles. The Morgan fingerprint density at radius 3 is 2.39 bits per heavy atom. The molecule has 3 N–H and O–H groups in total.